The van der Waals surface area contributed by atoms with Gasteiger partial charge >= 0.3 is 0 Å². The molecule has 0 aliphatic heterocycles. The van der Waals surface area contributed by atoms with E-state index in [1.165, 1.54) is 10.4 Å². The van der Waals surface area contributed by atoms with Crippen molar-refractivity contribution >= 4 is 11.3 Å². The lowest BCUT2D eigenvalue weighted by atomic mass is 10.2. The van der Waals surface area contributed by atoms with Gasteiger partial charge in [0.1, 0.15) is 0 Å². The van der Waals surface area contributed by atoms with Crippen LogP contribution in [-0.4, -0.2) is 13.2 Å². The molecule has 0 amide bonds. The number of hydrogen-bond acceptors (Lipinski definition) is 3. The van der Waals surface area contributed by atoms with Crippen molar-refractivity contribution in [3.63, 3.8) is 0 Å². The smallest absolute Gasteiger partial charge is 0.0667 e. The third-order valence-electron chi connectivity index (χ3n) is 1.88. The largest absolute Gasteiger partial charge is 0.379 e. The van der Waals surface area contributed by atoms with Gasteiger partial charge in [-0.2, -0.15) is 0 Å². The Kier molecular flexibility index (Phi) is 4.42. The quantitative estimate of drug-likeness (QED) is 0.739. The molecule has 1 heterocycles. The maximum Gasteiger partial charge on any atom is 0.0667 e. The lowest BCUT2D eigenvalue weighted by Gasteiger charge is -2.10. The monoisotopic (exact) mass is 199 g/mol. The van der Waals surface area contributed by atoms with Crippen LogP contribution in [0.1, 0.15) is 29.8 Å². The van der Waals surface area contributed by atoms with Crippen LogP contribution in [0.4, 0.5) is 0 Å². The Morgan fingerprint density at radius 2 is 2.38 bits per heavy atom. The van der Waals surface area contributed by atoms with Gasteiger partial charge in [0.25, 0.3) is 0 Å². The molecule has 0 bridgehead atoms. The van der Waals surface area contributed by atoms with Crippen molar-refractivity contribution in [2.24, 2.45) is 5.73 Å². The van der Waals surface area contributed by atoms with E-state index >= 15 is 0 Å². The Morgan fingerprint density at radius 3 is 2.92 bits per heavy atom. The molecule has 2 nitrogen and oxygen atoms in total. The summed E-state index contributed by atoms with van der Waals surface area (Å²) in [5.74, 6) is 0. The second kappa shape index (κ2) is 5.37. The van der Waals surface area contributed by atoms with Crippen molar-refractivity contribution in [1.29, 1.82) is 0 Å². The first-order chi connectivity index (χ1) is 6.25. The molecule has 0 aromatic carbocycles. The van der Waals surface area contributed by atoms with Crippen LogP contribution in [0.15, 0.2) is 11.4 Å². The number of ether oxygens (including phenoxy) is 1. The predicted molar refractivity (Wildman–Crippen MR) is 57.1 cm³/mol. The summed E-state index contributed by atoms with van der Waals surface area (Å²) in [7, 11) is 0. The number of aryl methyl sites for hydroxylation is 1. The lowest BCUT2D eigenvalue weighted by molar-refractivity contribution is 0.122. The zero-order valence-corrected chi connectivity index (χ0v) is 9.06. The van der Waals surface area contributed by atoms with Gasteiger partial charge in [-0.15, -0.1) is 11.3 Å². The highest BCUT2D eigenvalue weighted by molar-refractivity contribution is 7.10. The standard InChI is InChI=1S/C10H17NOS/c1-3-5-12-7-9(11)10-8(2)4-6-13-10/h4,6,9H,3,5,7,11H2,1-2H3. The minimum Gasteiger partial charge on any atom is -0.379 e. The van der Waals surface area contributed by atoms with Crippen LogP contribution in [0, 0.1) is 6.92 Å². The van der Waals surface area contributed by atoms with Crippen LogP contribution in [-0.2, 0) is 4.74 Å². The van der Waals surface area contributed by atoms with Crippen LogP contribution in [0.25, 0.3) is 0 Å². The van der Waals surface area contributed by atoms with Gasteiger partial charge < -0.3 is 10.5 Å². The molecule has 1 rings (SSSR count). The van der Waals surface area contributed by atoms with Crippen molar-refractivity contribution in [3.8, 4) is 0 Å². The van der Waals surface area contributed by atoms with Crippen molar-refractivity contribution in [2.75, 3.05) is 13.2 Å². The van der Waals surface area contributed by atoms with Crippen LogP contribution in [0.5, 0.6) is 0 Å². The van der Waals surface area contributed by atoms with E-state index in [1.807, 2.05) is 0 Å². The molecule has 0 fully saturated rings. The van der Waals surface area contributed by atoms with Gasteiger partial charge in [-0.05, 0) is 30.4 Å². The molecule has 3 heteroatoms. The van der Waals surface area contributed by atoms with E-state index < -0.39 is 0 Å². The van der Waals surface area contributed by atoms with Gasteiger partial charge in [0.2, 0.25) is 0 Å². The lowest BCUT2D eigenvalue weighted by Crippen LogP contribution is -2.16. The summed E-state index contributed by atoms with van der Waals surface area (Å²) in [5, 5.41) is 2.07. The van der Waals surface area contributed by atoms with Gasteiger partial charge in [0.05, 0.1) is 12.6 Å². The van der Waals surface area contributed by atoms with Gasteiger partial charge in [-0.1, -0.05) is 6.92 Å². The van der Waals surface area contributed by atoms with Crippen molar-refractivity contribution in [1.82, 2.24) is 0 Å². The molecule has 0 aliphatic rings. The van der Waals surface area contributed by atoms with Gasteiger partial charge in [0.15, 0.2) is 0 Å². The summed E-state index contributed by atoms with van der Waals surface area (Å²) >= 11 is 1.71. The van der Waals surface area contributed by atoms with Gasteiger partial charge in [-0.3, -0.25) is 0 Å². The van der Waals surface area contributed by atoms with Gasteiger partial charge in [-0.25, -0.2) is 0 Å². The minimum atomic E-state index is 0.0477. The Morgan fingerprint density at radius 1 is 1.62 bits per heavy atom. The molecule has 1 aromatic heterocycles. The summed E-state index contributed by atoms with van der Waals surface area (Å²) < 4.78 is 5.41. The number of thiophene rings is 1. The third kappa shape index (κ3) is 3.10. The molecule has 2 N–H and O–H groups in total. The molecule has 1 atom stereocenters. The van der Waals surface area contributed by atoms with Crippen LogP contribution in [0.2, 0.25) is 0 Å². The summed E-state index contributed by atoms with van der Waals surface area (Å²) in [6, 6.07) is 2.14. The Labute approximate surface area is 83.7 Å². The zero-order chi connectivity index (χ0) is 9.68. The molecule has 1 aromatic rings. The van der Waals surface area contributed by atoms with E-state index in [4.69, 9.17) is 10.5 Å². The molecule has 1 unspecified atom stereocenters. The molecular weight excluding hydrogens is 182 g/mol. The first kappa shape index (κ1) is 10.7. The molecule has 0 saturated heterocycles. The van der Waals surface area contributed by atoms with E-state index in [0.29, 0.717) is 6.61 Å². The third-order valence-corrected chi connectivity index (χ3v) is 3.04. The Hall–Kier alpha value is -0.380. The zero-order valence-electron chi connectivity index (χ0n) is 8.25. The normalized spacial score (nSPS) is 13.2. The Bertz CT molecular complexity index is 247. The average molecular weight is 199 g/mol. The Balaban J connectivity index is 2.39. The maximum atomic E-state index is 5.97. The average Bonchev–Trinajstić information content (AvgIpc) is 2.52. The summed E-state index contributed by atoms with van der Waals surface area (Å²) in [6.07, 6.45) is 1.05. The van der Waals surface area contributed by atoms with Crippen molar-refractivity contribution < 1.29 is 4.74 Å². The van der Waals surface area contributed by atoms with E-state index in [0.717, 1.165) is 13.0 Å². The number of rotatable bonds is 5. The molecule has 0 spiro atoms. The molecule has 0 saturated carbocycles. The summed E-state index contributed by atoms with van der Waals surface area (Å²) in [4.78, 5) is 1.25. The molecule has 74 valence electrons. The van der Waals surface area contributed by atoms with E-state index in [9.17, 15) is 0 Å². The highest BCUT2D eigenvalue weighted by atomic mass is 32.1. The van der Waals surface area contributed by atoms with E-state index in [-0.39, 0.29) is 6.04 Å². The van der Waals surface area contributed by atoms with Crippen molar-refractivity contribution in [2.45, 2.75) is 26.3 Å². The fraction of sp³-hybridized carbons (Fsp3) is 0.600. The predicted octanol–water partition coefficient (Wildman–Crippen LogP) is 2.48. The minimum absolute atomic E-state index is 0.0477. The van der Waals surface area contributed by atoms with E-state index in [1.54, 1.807) is 11.3 Å². The topological polar surface area (TPSA) is 35.2 Å². The second-order valence-electron chi connectivity index (χ2n) is 3.15. The molecular formula is C10H17NOS. The second-order valence-corrected chi connectivity index (χ2v) is 4.10. The highest BCUT2D eigenvalue weighted by Gasteiger charge is 2.09. The maximum absolute atomic E-state index is 5.97. The number of hydrogen-bond donors (Lipinski definition) is 1. The first-order valence-electron chi connectivity index (χ1n) is 4.63. The summed E-state index contributed by atoms with van der Waals surface area (Å²) in [5.41, 5.74) is 7.24. The van der Waals surface area contributed by atoms with E-state index in [2.05, 4.69) is 25.3 Å². The molecule has 0 radical (unpaired) electrons. The fourth-order valence-electron chi connectivity index (χ4n) is 1.19. The van der Waals surface area contributed by atoms with Crippen LogP contribution in [0.3, 0.4) is 0 Å². The molecule has 0 aliphatic carbocycles. The van der Waals surface area contributed by atoms with Crippen molar-refractivity contribution in [3.05, 3.63) is 21.9 Å². The van der Waals surface area contributed by atoms with Crippen LogP contribution >= 0.6 is 11.3 Å². The SMILES string of the molecule is CCCOCC(N)c1sccc1C. The fourth-order valence-corrected chi connectivity index (χ4v) is 2.11. The van der Waals surface area contributed by atoms with Crippen LogP contribution < -0.4 is 5.73 Å². The highest BCUT2D eigenvalue weighted by Crippen LogP contribution is 2.22. The van der Waals surface area contributed by atoms with Gasteiger partial charge in [0, 0.05) is 11.5 Å². The molecule has 13 heavy (non-hydrogen) atoms. The summed E-state index contributed by atoms with van der Waals surface area (Å²) in [6.45, 7) is 5.63. The number of nitrogens with two attached hydrogens (primary N) is 1. The first-order valence-corrected chi connectivity index (χ1v) is 5.51.